The van der Waals surface area contributed by atoms with Gasteiger partial charge in [-0.15, -0.1) is 6.58 Å². The van der Waals surface area contributed by atoms with Crippen molar-refractivity contribution < 1.29 is 13.2 Å². The van der Waals surface area contributed by atoms with Gasteiger partial charge in [0.1, 0.15) is 0 Å². The predicted octanol–water partition coefficient (Wildman–Crippen LogP) is 4.49. The summed E-state index contributed by atoms with van der Waals surface area (Å²) in [5.74, 6) is 0. The highest BCUT2D eigenvalue weighted by atomic mass is 19.4. The van der Waals surface area contributed by atoms with Crippen molar-refractivity contribution in [3.05, 3.63) is 24.8 Å². The molecule has 0 rings (SSSR count). The Morgan fingerprint density at radius 1 is 1.31 bits per heavy atom. The highest BCUT2D eigenvalue weighted by Gasteiger charge is 2.24. The molecular formula is C10H17F3. The molecule has 0 saturated carbocycles. The molecule has 0 nitrogen and oxygen atoms in total. The van der Waals surface area contributed by atoms with Crippen molar-refractivity contribution in [2.75, 3.05) is 0 Å². The normalized spacial score (nSPS) is 10.8. The molecule has 0 aromatic rings. The maximum atomic E-state index is 11.2. The van der Waals surface area contributed by atoms with Crippen LogP contribution in [0.25, 0.3) is 0 Å². The van der Waals surface area contributed by atoms with Gasteiger partial charge in [0.05, 0.1) is 6.42 Å². The molecule has 0 spiro atoms. The summed E-state index contributed by atoms with van der Waals surface area (Å²) in [7, 11) is 0. The summed E-state index contributed by atoms with van der Waals surface area (Å²) in [6.07, 6.45) is 1.92. The van der Waals surface area contributed by atoms with Gasteiger partial charge in [0, 0.05) is 0 Å². The summed E-state index contributed by atoms with van der Waals surface area (Å²) in [5, 5.41) is 0. The summed E-state index contributed by atoms with van der Waals surface area (Å²) in [6, 6.07) is 0. The van der Waals surface area contributed by atoms with Gasteiger partial charge in [-0.1, -0.05) is 31.6 Å². The lowest BCUT2D eigenvalue weighted by Gasteiger charge is -1.98. The average Bonchev–Trinajstić information content (AvgIpc) is 2.02. The van der Waals surface area contributed by atoms with Crippen molar-refractivity contribution in [2.24, 2.45) is 0 Å². The van der Waals surface area contributed by atoms with Crippen LogP contribution in [0.5, 0.6) is 0 Å². The maximum absolute atomic E-state index is 11.2. The Kier molecular flexibility index (Phi) is 10.6. The minimum atomic E-state index is -4.04. The van der Waals surface area contributed by atoms with Gasteiger partial charge in [0.15, 0.2) is 0 Å². The van der Waals surface area contributed by atoms with E-state index in [4.69, 9.17) is 0 Å². The molecule has 0 amide bonds. The number of rotatable bonds is 3. The van der Waals surface area contributed by atoms with Crippen LogP contribution >= 0.6 is 0 Å². The topological polar surface area (TPSA) is 0 Å². The number of allylic oxidation sites excluding steroid dienone is 3. The molecule has 0 aromatic carbocycles. The first-order chi connectivity index (χ1) is 5.97. The molecule has 0 heterocycles. The molecule has 0 atom stereocenters. The molecule has 0 aliphatic heterocycles. The number of unbranched alkanes of at least 4 members (excludes halogenated alkanes) is 1. The van der Waals surface area contributed by atoms with Crippen LogP contribution in [0, 0.1) is 0 Å². The highest BCUT2D eigenvalue weighted by Crippen LogP contribution is 2.19. The summed E-state index contributed by atoms with van der Waals surface area (Å²) in [6.45, 7) is 7.25. The fourth-order valence-electron chi connectivity index (χ4n) is 0.456. The predicted molar refractivity (Wildman–Crippen MR) is 50.6 cm³/mol. The van der Waals surface area contributed by atoms with Crippen molar-refractivity contribution in [1.29, 1.82) is 0 Å². The second-order valence-corrected chi connectivity index (χ2v) is 2.47. The Hall–Kier alpha value is -0.730. The van der Waals surface area contributed by atoms with E-state index in [1.807, 2.05) is 6.08 Å². The molecule has 0 unspecified atom stereocenters. The van der Waals surface area contributed by atoms with Gasteiger partial charge < -0.3 is 0 Å². The third-order valence-corrected chi connectivity index (χ3v) is 1.08. The Balaban J connectivity index is 0. The molecule has 0 bridgehead atoms. The van der Waals surface area contributed by atoms with Crippen LogP contribution in [0.4, 0.5) is 13.2 Å². The summed E-state index contributed by atoms with van der Waals surface area (Å²) >= 11 is 0. The van der Waals surface area contributed by atoms with E-state index in [1.165, 1.54) is 12.5 Å². The SMILES string of the molecule is C/C=C\CC(F)(F)F.C=CCCC. The quantitative estimate of drug-likeness (QED) is 0.581. The van der Waals surface area contributed by atoms with Crippen LogP contribution in [0.2, 0.25) is 0 Å². The second-order valence-electron chi connectivity index (χ2n) is 2.47. The fourth-order valence-corrected chi connectivity index (χ4v) is 0.456. The lowest BCUT2D eigenvalue weighted by Crippen LogP contribution is -2.03. The van der Waals surface area contributed by atoms with Crippen molar-refractivity contribution in [2.45, 2.75) is 39.3 Å². The minimum Gasteiger partial charge on any atom is -0.171 e. The van der Waals surface area contributed by atoms with E-state index in [1.54, 1.807) is 6.92 Å². The Morgan fingerprint density at radius 2 is 1.85 bits per heavy atom. The first-order valence-corrected chi connectivity index (χ1v) is 4.26. The molecule has 0 fully saturated rings. The number of hydrogen-bond acceptors (Lipinski definition) is 0. The molecule has 3 heteroatoms. The van der Waals surface area contributed by atoms with E-state index < -0.39 is 12.6 Å². The Morgan fingerprint density at radius 3 is 1.92 bits per heavy atom. The van der Waals surface area contributed by atoms with Gasteiger partial charge in [-0.2, -0.15) is 13.2 Å². The van der Waals surface area contributed by atoms with Crippen LogP contribution in [0.1, 0.15) is 33.1 Å². The molecule has 0 aliphatic rings. The van der Waals surface area contributed by atoms with Crippen LogP contribution in [0.3, 0.4) is 0 Å². The fraction of sp³-hybridized carbons (Fsp3) is 0.600. The van der Waals surface area contributed by atoms with E-state index in [-0.39, 0.29) is 0 Å². The number of hydrogen-bond donors (Lipinski definition) is 0. The van der Waals surface area contributed by atoms with E-state index >= 15 is 0 Å². The molecular weight excluding hydrogens is 177 g/mol. The van der Waals surface area contributed by atoms with Crippen LogP contribution in [-0.2, 0) is 0 Å². The zero-order valence-corrected chi connectivity index (χ0v) is 8.19. The molecule has 0 aromatic heterocycles. The van der Waals surface area contributed by atoms with Crippen molar-refractivity contribution in [1.82, 2.24) is 0 Å². The van der Waals surface area contributed by atoms with E-state index in [0.717, 1.165) is 12.5 Å². The van der Waals surface area contributed by atoms with Gasteiger partial charge in [0.25, 0.3) is 0 Å². The second kappa shape index (κ2) is 9.36. The van der Waals surface area contributed by atoms with Crippen LogP contribution in [-0.4, -0.2) is 6.18 Å². The Bertz CT molecular complexity index is 134. The largest absolute Gasteiger partial charge is 0.392 e. The first-order valence-electron chi connectivity index (χ1n) is 4.26. The van der Waals surface area contributed by atoms with E-state index in [0.29, 0.717) is 0 Å². The maximum Gasteiger partial charge on any atom is 0.392 e. The van der Waals surface area contributed by atoms with E-state index in [2.05, 4.69) is 13.5 Å². The zero-order chi connectivity index (χ0) is 10.7. The monoisotopic (exact) mass is 194 g/mol. The van der Waals surface area contributed by atoms with Crippen molar-refractivity contribution >= 4 is 0 Å². The summed E-state index contributed by atoms with van der Waals surface area (Å²) in [5.41, 5.74) is 0. The molecule has 0 radical (unpaired) electrons. The van der Waals surface area contributed by atoms with Gasteiger partial charge in [-0.25, -0.2) is 0 Å². The molecule has 13 heavy (non-hydrogen) atoms. The third-order valence-electron chi connectivity index (χ3n) is 1.08. The van der Waals surface area contributed by atoms with Crippen LogP contribution < -0.4 is 0 Å². The lowest BCUT2D eigenvalue weighted by atomic mass is 10.3. The van der Waals surface area contributed by atoms with E-state index in [9.17, 15) is 13.2 Å². The Labute approximate surface area is 78.1 Å². The van der Waals surface area contributed by atoms with Gasteiger partial charge in [-0.05, 0) is 13.3 Å². The standard InChI is InChI=1S/C5H7F3.C5H10/c1-2-3-4-5(6,7)8;1-3-5-4-2/h2-3H,4H2,1H3;3H,1,4-5H2,2H3/b3-2-;. The molecule has 0 saturated heterocycles. The smallest absolute Gasteiger partial charge is 0.171 e. The summed E-state index contributed by atoms with van der Waals surface area (Å²) in [4.78, 5) is 0. The summed E-state index contributed by atoms with van der Waals surface area (Å²) < 4.78 is 33.6. The van der Waals surface area contributed by atoms with Gasteiger partial charge in [0.2, 0.25) is 0 Å². The van der Waals surface area contributed by atoms with Gasteiger partial charge >= 0.3 is 6.18 Å². The number of halogens is 3. The lowest BCUT2D eigenvalue weighted by molar-refractivity contribution is -0.125. The number of alkyl halides is 3. The molecule has 0 N–H and O–H groups in total. The third kappa shape index (κ3) is 24.6. The molecule has 0 aliphatic carbocycles. The van der Waals surface area contributed by atoms with Crippen molar-refractivity contribution in [3.63, 3.8) is 0 Å². The highest BCUT2D eigenvalue weighted by molar-refractivity contribution is 4.79. The van der Waals surface area contributed by atoms with Crippen LogP contribution in [0.15, 0.2) is 24.8 Å². The van der Waals surface area contributed by atoms with Gasteiger partial charge in [-0.3, -0.25) is 0 Å². The van der Waals surface area contributed by atoms with Crippen molar-refractivity contribution in [3.8, 4) is 0 Å². The first kappa shape index (κ1) is 14.8. The molecule has 78 valence electrons. The zero-order valence-electron chi connectivity index (χ0n) is 8.19. The average molecular weight is 194 g/mol. The minimum absolute atomic E-state index is 0.816.